The Hall–Kier alpha value is -1.18. The van der Waals surface area contributed by atoms with Crippen molar-refractivity contribution in [3.8, 4) is 0 Å². The lowest BCUT2D eigenvalue weighted by Gasteiger charge is -2.33. The van der Waals surface area contributed by atoms with Gasteiger partial charge in [-0.2, -0.15) is 4.31 Å². The number of nitrogens with zero attached hydrogens (tertiary/aromatic N) is 1. The molecule has 1 amide bonds. The zero-order chi connectivity index (χ0) is 14.9. The molecule has 110 valence electrons. The molecule has 1 fully saturated rings. The highest BCUT2D eigenvalue weighted by molar-refractivity contribution is 7.89. The Morgan fingerprint density at radius 1 is 1.50 bits per heavy atom. The number of sulfonamides is 1. The van der Waals surface area contributed by atoms with Crippen LogP contribution in [0.4, 0.5) is 4.39 Å². The Kier molecular flexibility index (Phi) is 4.31. The Balaban J connectivity index is 2.48. The molecule has 0 radical (unpaired) electrons. The number of piperazine rings is 1. The number of carbonyl (C=O) groups excluding carboxylic acids is 1. The lowest BCUT2D eigenvalue weighted by atomic mass is 10.2. The summed E-state index contributed by atoms with van der Waals surface area (Å²) in [6.07, 6.45) is 0.331. The smallest absolute Gasteiger partial charge is 0.245 e. The molecule has 8 heteroatoms. The van der Waals surface area contributed by atoms with Crippen LogP contribution in [0.2, 0.25) is 5.02 Å². The Morgan fingerprint density at radius 3 is 2.85 bits per heavy atom. The van der Waals surface area contributed by atoms with Crippen LogP contribution in [-0.4, -0.2) is 37.8 Å². The Bertz CT molecular complexity index is 636. The van der Waals surface area contributed by atoms with Crippen LogP contribution in [0.3, 0.4) is 0 Å². The maximum absolute atomic E-state index is 13.3. The molecule has 1 aromatic carbocycles. The summed E-state index contributed by atoms with van der Waals surface area (Å²) in [5.74, 6) is -1.04. The molecule has 1 saturated heterocycles. The van der Waals surface area contributed by atoms with E-state index < -0.39 is 21.9 Å². The molecule has 1 atom stereocenters. The van der Waals surface area contributed by atoms with E-state index in [-0.39, 0.29) is 28.9 Å². The number of benzene rings is 1. The zero-order valence-electron chi connectivity index (χ0n) is 10.8. The average Bonchev–Trinajstić information content (AvgIpc) is 2.41. The average molecular weight is 321 g/mol. The second kappa shape index (κ2) is 5.67. The SMILES string of the molecule is CCC1C(=O)NCCN1S(=O)(=O)c1cc(F)ccc1Cl. The highest BCUT2D eigenvalue weighted by Crippen LogP contribution is 2.28. The van der Waals surface area contributed by atoms with E-state index in [1.807, 2.05) is 0 Å². The van der Waals surface area contributed by atoms with Crippen molar-refractivity contribution in [2.75, 3.05) is 13.1 Å². The second-order valence-electron chi connectivity index (χ2n) is 4.41. The van der Waals surface area contributed by atoms with Gasteiger partial charge in [0.05, 0.1) is 5.02 Å². The Morgan fingerprint density at radius 2 is 2.20 bits per heavy atom. The van der Waals surface area contributed by atoms with Crippen molar-refractivity contribution >= 4 is 27.5 Å². The molecular formula is C12H14ClFN2O3S. The topological polar surface area (TPSA) is 66.5 Å². The minimum absolute atomic E-state index is 0.0627. The van der Waals surface area contributed by atoms with E-state index in [0.717, 1.165) is 16.4 Å². The highest BCUT2D eigenvalue weighted by Gasteiger charge is 2.38. The van der Waals surface area contributed by atoms with Crippen molar-refractivity contribution in [2.45, 2.75) is 24.3 Å². The number of rotatable bonds is 3. The molecule has 1 aliphatic heterocycles. The summed E-state index contributed by atoms with van der Waals surface area (Å²) in [6.45, 7) is 2.08. The first-order valence-corrected chi connectivity index (χ1v) is 7.94. The van der Waals surface area contributed by atoms with Crippen LogP contribution in [0.15, 0.2) is 23.1 Å². The van der Waals surface area contributed by atoms with Gasteiger partial charge >= 0.3 is 0 Å². The van der Waals surface area contributed by atoms with Gasteiger partial charge in [-0.3, -0.25) is 4.79 Å². The van der Waals surface area contributed by atoms with Crippen LogP contribution in [0.25, 0.3) is 0 Å². The Labute approximate surface area is 121 Å². The lowest BCUT2D eigenvalue weighted by Crippen LogP contribution is -2.56. The summed E-state index contributed by atoms with van der Waals surface area (Å²) < 4.78 is 39.5. The normalized spacial score (nSPS) is 20.8. The summed E-state index contributed by atoms with van der Waals surface area (Å²) in [5.41, 5.74) is 0. The molecule has 2 rings (SSSR count). The number of amides is 1. The van der Waals surface area contributed by atoms with E-state index in [4.69, 9.17) is 11.6 Å². The van der Waals surface area contributed by atoms with Crippen LogP contribution in [0.1, 0.15) is 13.3 Å². The third kappa shape index (κ3) is 2.65. The minimum atomic E-state index is -4.01. The van der Waals surface area contributed by atoms with Crippen molar-refractivity contribution < 1.29 is 17.6 Å². The van der Waals surface area contributed by atoms with Crippen LogP contribution in [0.5, 0.6) is 0 Å². The maximum atomic E-state index is 13.3. The van der Waals surface area contributed by atoms with Gasteiger partial charge in [0.2, 0.25) is 15.9 Å². The van der Waals surface area contributed by atoms with Gasteiger partial charge in [-0.05, 0) is 24.6 Å². The summed E-state index contributed by atoms with van der Waals surface area (Å²) in [6, 6.07) is 2.35. The predicted octanol–water partition coefficient (Wildman–Crippen LogP) is 1.38. The first-order chi connectivity index (χ1) is 9.37. The summed E-state index contributed by atoms with van der Waals surface area (Å²) in [7, 11) is -4.01. The van der Waals surface area contributed by atoms with Gasteiger partial charge < -0.3 is 5.32 Å². The van der Waals surface area contributed by atoms with Gasteiger partial charge in [0.25, 0.3) is 0 Å². The zero-order valence-corrected chi connectivity index (χ0v) is 12.3. The van der Waals surface area contributed by atoms with Crippen LogP contribution < -0.4 is 5.32 Å². The van der Waals surface area contributed by atoms with Gasteiger partial charge in [-0.1, -0.05) is 18.5 Å². The van der Waals surface area contributed by atoms with Gasteiger partial charge in [-0.15, -0.1) is 0 Å². The van der Waals surface area contributed by atoms with Crippen LogP contribution in [0, 0.1) is 5.82 Å². The largest absolute Gasteiger partial charge is 0.353 e. The fourth-order valence-corrected chi connectivity index (χ4v) is 4.32. The van der Waals surface area contributed by atoms with Gasteiger partial charge in [0, 0.05) is 13.1 Å². The van der Waals surface area contributed by atoms with Gasteiger partial charge in [0.15, 0.2) is 0 Å². The third-order valence-electron chi connectivity index (χ3n) is 3.15. The van der Waals surface area contributed by atoms with Crippen molar-refractivity contribution in [2.24, 2.45) is 0 Å². The monoisotopic (exact) mass is 320 g/mol. The number of halogens is 2. The molecule has 20 heavy (non-hydrogen) atoms. The summed E-state index contributed by atoms with van der Waals surface area (Å²) >= 11 is 5.85. The molecule has 0 bridgehead atoms. The van der Waals surface area contributed by atoms with Crippen molar-refractivity contribution in [3.63, 3.8) is 0 Å². The lowest BCUT2D eigenvalue weighted by molar-refractivity contribution is -0.126. The van der Waals surface area contributed by atoms with E-state index in [2.05, 4.69) is 5.32 Å². The number of hydrogen-bond acceptors (Lipinski definition) is 3. The molecule has 0 aliphatic carbocycles. The van der Waals surface area contributed by atoms with Gasteiger partial charge in [-0.25, -0.2) is 12.8 Å². The summed E-state index contributed by atoms with van der Waals surface area (Å²) in [5, 5.41) is 2.55. The molecular weight excluding hydrogens is 307 g/mol. The molecule has 1 aliphatic rings. The minimum Gasteiger partial charge on any atom is -0.353 e. The van der Waals surface area contributed by atoms with E-state index >= 15 is 0 Å². The molecule has 5 nitrogen and oxygen atoms in total. The van der Waals surface area contributed by atoms with Crippen LogP contribution >= 0.6 is 11.6 Å². The molecule has 0 saturated carbocycles. The number of nitrogens with one attached hydrogen (secondary N) is 1. The van der Waals surface area contributed by atoms with E-state index in [0.29, 0.717) is 6.42 Å². The van der Waals surface area contributed by atoms with E-state index in [9.17, 15) is 17.6 Å². The maximum Gasteiger partial charge on any atom is 0.245 e. The van der Waals surface area contributed by atoms with Gasteiger partial charge in [0.1, 0.15) is 16.8 Å². The summed E-state index contributed by atoms with van der Waals surface area (Å²) in [4.78, 5) is 11.4. The van der Waals surface area contributed by atoms with Crippen molar-refractivity contribution in [1.29, 1.82) is 0 Å². The molecule has 0 aromatic heterocycles. The molecule has 1 aromatic rings. The molecule has 0 spiro atoms. The predicted molar refractivity (Wildman–Crippen MR) is 72.4 cm³/mol. The first kappa shape index (κ1) is 15.2. The quantitative estimate of drug-likeness (QED) is 0.915. The third-order valence-corrected chi connectivity index (χ3v) is 5.54. The van der Waals surface area contributed by atoms with Crippen molar-refractivity contribution in [3.05, 3.63) is 29.0 Å². The highest BCUT2D eigenvalue weighted by atomic mass is 35.5. The molecule has 1 heterocycles. The van der Waals surface area contributed by atoms with Crippen LogP contribution in [-0.2, 0) is 14.8 Å². The van der Waals surface area contributed by atoms with E-state index in [1.54, 1.807) is 6.92 Å². The standard InChI is InChI=1S/C12H14ClFN2O3S/c1-2-10-12(17)15-5-6-16(10)20(18,19)11-7-8(14)3-4-9(11)13/h3-4,7,10H,2,5-6H2,1H3,(H,15,17). The number of carbonyl (C=O) groups is 1. The van der Waals surface area contributed by atoms with Crippen molar-refractivity contribution in [1.82, 2.24) is 9.62 Å². The number of hydrogen-bond donors (Lipinski definition) is 1. The molecule has 1 N–H and O–H groups in total. The van der Waals surface area contributed by atoms with E-state index in [1.165, 1.54) is 6.07 Å². The fraction of sp³-hybridized carbons (Fsp3) is 0.417. The fourth-order valence-electron chi connectivity index (χ4n) is 2.17. The second-order valence-corrected chi connectivity index (χ2v) is 6.67. The first-order valence-electron chi connectivity index (χ1n) is 6.12. The molecule has 1 unspecified atom stereocenters.